The predicted octanol–water partition coefficient (Wildman–Crippen LogP) is 0.429. The first kappa shape index (κ1) is 10.6. The summed E-state index contributed by atoms with van der Waals surface area (Å²) in [6, 6.07) is 0. The molecular weight excluding hydrogens is 180 g/mol. The van der Waals surface area contributed by atoms with Gasteiger partial charge < -0.3 is 11.5 Å². The van der Waals surface area contributed by atoms with Crippen LogP contribution < -0.4 is 11.5 Å². The van der Waals surface area contributed by atoms with Crippen LogP contribution in [0.2, 0.25) is 0 Å². The first-order valence-corrected chi connectivity index (χ1v) is 4.67. The van der Waals surface area contributed by atoms with E-state index >= 15 is 0 Å². The normalized spacial score (nSPS) is 10.4. The van der Waals surface area contributed by atoms with Crippen molar-refractivity contribution in [2.24, 2.45) is 5.73 Å². The Morgan fingerprint density at radius 2 is 2.29 bits per heavy atom. The molecule has 0 bridgehead atoms. The summed E-state index contributed by atoms with van der Waals surface area (Å²) in [4.78, 5) is 10.4. The average Bonchev–Trinajstić information content (AvgIpc) is 2.40. The van der Waals surface area contributed by atoms with Gasteiger partial charge in [0.25, 0.3) is 0 Å². The Bertz CT molecular complexity index is 299. The number of hydrogen-bond donors (Lipinski definition) is 2. The number of nitrogens with two attached hydrogens (primary N) is 2. The summed E-state index contributed by atoms with van der Waals surface area (Å²) in [6.45, 7) is 2.65. The number of carbonyl (C=O) groups is 1. The zero-order chi connectivity index (χ0) is 10.6. The van der Waals surface area contributed by atoms with Gasteiger partial charge in [0.05, 0.1) is 11.4 Å². The summed E-state index contributed by atoms with van der Waals surface area (Å²) in [6.07, 6.45) is 3.94. The average molecular weight is 196 g/mol. The van der Waals surface area contributed by atoms with Crippen LogP contribution in [0.5, 0.6) is 0 Å². The van der Waals surface area contributed by atoms with E-state index in [0.717, 1.165) is 25.1 Å². The Morgan fingerprint density at radius 3 is 2.79 bits per heavy atom. The molecule has 0 aliphatic carbocycles. The molecule has 0 fully saturated rings. The molecule has 0 aliphatic heterocycles. The van der Waals surface area contributed by atoms with Crippen molar-refractivity contribution >= 4 is 11.6 Å². The number of hydrogen-bond acceptors (Lipinski definition) is 3. The highest BCUT2D eigenvalue weighted by Crippen LogP contribution is 2.07. The first-order chi connectivity index (χ1) is 6.59. The lowest BCUT2D eigenvalue weighted by Gasteiger charge is -1.99. The Labute approximate surface area is 83.1 Å². The molecule has 4 N–H and O–H groups in total. The van der Waals surface area contributed by atoms with Gasteiger partial charge in [-0.15, -0.1) is 0 Å². The number of anilines is 1. The number of nitrogen functional groups attached to an aromatic ring is 1. The lowest BCUT2D eigenvalue weighted by atomic mass is 10.2. The van der Waals surface area contributed by atoms with Gasteiger partial charge in [-0.05, 0) is 19.8 Å². The molecule has 1 aromatic rings. The molecule has 1 aromatic heterocycles. The molecule has 5 nitrogen and oxygen atoms in total. The molecule has 1 amide bonds. The second kappa shape index (κ2) is 4.64. The molecule has 1 heterocycles. The van der Waals surface area contributed by atoms with Crippen LogP contribution in [-0.2, 0) is 11.3 Å². The Hall–Kier alpha value is -1.52. The van der Waals surface area contributed by atoms with Crippen molar-refractivity contribution in [1.82, 2.24) is 9.78 Å². The number of aryl methyl sites for hydroxylation is 2. The lowest BCUT2D eigenvalue weighted by Crippen LogP contribution is -2.10. The maximum Gasteiger partial charge on any atom is 0.217 e. The molecule has 0 unspecified atom stereocenters. The van der Waals surface area contributed by atoms with Crippen molar-refractivity contribution in [2.45, 2.75) is 32.7 Å². The van der Waals surface area contributed by atoms with Crippen LogP contribution in [0.4, 0.5) is 5.69 Å². The molecule has 0 aliphatic rings. The zero-order valence-corrected chi connectivity index (χ0v) is 8.36. The Kier molecular flexibility index (Phi) is 3.50. The third-order valence-corrected chi connectivity index (χ3v) is 2.04. The van der Waals surface area contributed by atoms with Crippen molar-refractivity contribution in [3.05, 3.63) is 11.9 Å². The number of primary amides is 1. The van der Waals surface area contributed by atoms with E-state index in [-0.39, 0.29) is 5.91 Å². The van der Waals surface area contributed by atoms with Crippen LogP contribution in [0.3, 0.4) is 0 Å². The van der Waals surface area contributed by atoms with Crippen molar-refractivity contribution in [1.29, 1.82) is 0 Å². The van der Waals surface area contributed by atoms with Crippen molar-refractivity contribution in [2.75, 3.05) is 5.73 Å². The molecule has 0 spiro atoms. The molecule has 14 heavy (non-hydrogen) atoms. The van der Waals surface area contributed by atoms with Gasteiger partial charge in [-0.25, -0.2) is 0 Å². The van der Waals surface area contributed by atoms with E-state index < -0.39 is 0 Å². The highest BCUT2D eigenvalue weighted by atomic mass is 16.1. The largest absolute Gasteiger partial charge is 0.396 e. The molecule has 78 valence electrons. The number of unbranched alkanes of at least 4 members (excludes halogenated alkanes) is 1. The Balaban J connectivity index is 2.28. The van der Waals surface area contributed by atoms with Crippen molar-refractivity contribution < 1.29 is 4.79 Å². The summed E-state index contributed by atoms with van der Waals surface area (Å²) in [5.41, 5.74) is 12.2. The van der Waals surface area contributed by atoms with Crippen LogP contribution in [0, 0.1) is 6.92 Å². The fraction of sp³-hybridized carbons (Fsp3) is 0.556. The monoisotopic (exact) mass is 196 g/mol. The maximum atomic E-state index is 10.4. The van der Waals surface area contributed by atoms with E-state index in [4.69, 9.17) is 11.5 Å². The number of rotatable bonds is 5. The van der Waals surface area contributed by atoms with Crippen LogP contribution >= 0.6 is 0 Å². The van der Waals surface area contributed by atoms with E-state index in [1.54, 1.807) is 10.9 Å². The second-order valence-electron chi connectivity index (χ2n) is 3.36. The van der Waals surface area contributed by atoms with E-state index in [9.17, 15) is 4.79 Å². The van der Waals surface area contributed by atoms with Gasteiger partial charge in [0.1, 0.15) is 0 Å². The summed E-state index contributed by atoms with van der Waals surface area (Å²) < 4.78 is 1.80. The molecule has 1 rings (SSSR count). The van der Waals surface area contributed by atoms with Gasteiger partial charge in [0.15, 0.2) is 0 Å². The van der Waals surface area contributed by atoms with Gasteiger partial charge in [-0.2, -0.15) is 5.10 Å². The highest BCUT2D eigenvalue weighted by Gasteiger charge is 2.00. The third-order valence-electron chi connectivity index (χ3n) is 2.04. The quantitative estimate of drug-likeness (QED) is 0.669. The zero-order valence-electron chi connectivity index (χ0n) is 8.36. The summed E-state index contributed by atoms with van der Waals surface area (Å²) in [5, 5.41) is 4.20. The third kappa shape index (κ3) is 3.08. The van der Waals surface area contributed by atoms with Crippen LogP contribution in [0.1, 0.15) is 25.0 Å². The van der Waals surface area contributed by atoms with Gasteiger partial charge in [0.2, 0.25) is 5.91 Å². The topological polar surface area (TPSA) is 86.9 Å². The molecule has 0 atom stereocenters. The van der Waals surface area contributed by atoms with E-state index in [1.165, 1.54) is 0 Å². The van der Waals surface area contributed by atoms with Gasteiger partial charge in [-0.1, -0.05) is 0 Å². The highest BCUT2D eigenvalue weighted by molar-refractivity contribution is 5.73. The predicted molar refractivity (Wildman–Crippen MR) is 54.4 cm³/mol. The number of carbonyl (C=O) groups excluding carboxylic acids is 1. The number of nitrogens with zero attached hydrogens (tertiary/aromatic N) is 2. The van der Waals surface area contributed by atoms with Crippen LogP contribution in [0.15, 0.2) is 6.20 Å². The van der Waals surface area contributed by atoms with Crippen molar-refractivity contribution in [3.8, 4) is 0 Å². The number of aromatic nitrogens is 2. The second-order valence-corrected chi connectivity index (χ2v) is 3.36. The smallest absolute Gasteiger partial charge is 0.217 e. The maximum absolute atomic E-state index is 10.4. The van der Waals surface area contributed by atoms with Crippen LogP contribution in [0.25, 0.3) is 0 Å². The standard InChI is InChI=1S/C9H16N4O/c1-7-8(10)6-13(12-7)5-3-2-4-9(11)14/h6H,2-5,10H2,1H3,(H2,11,14). The van der Waals surface area contributed by atoms with E-state index in [1.807, 2.05) is 6.92 Å². The molecule has 0 radical (unpaired) electrons. The minimum Gasteiger partial charge on any atom is -0.396 e. The minimum atomic E-state index is -0.249. The van der Waals surface area contributed by atoms with E-state index in [2.05, 4.69) is 5.10 Å². The summed E-state index contributed by atoms with van der Waals surface area (Å²) >= 11 is 0. The minimum absolute atomic E-state index is 0.249. The fourth-order valence-corrected chi connectivity index (χ4v) is 1.22. The number of amides is 1. The van der Waals surface area contributed by atoms with Gasteiger partial charge in [0, 0.05) is 19.2 Å². The lowest BCUT2D eigenvalue weighted by molar-refractivity contribution is -0.118. The fourth-order valence-electron chi connectivity index (χ4n) is 1.22. The summed E-state index contributed by atoms with van der Waals surface area (Å²) in [5.74, 6) is -0.249. The Morgan fingerprint density at radius 1 is 1.57 bits per heavy atom. The van der Waals surface area contributed by atoms with Gasteiger partial charge in [-0.3, -0.25) is 9.48 Å². The van der Waals surface area contributed by atoms with Crippen molar-refractivity contribution in [3.63, 3.8) is 0 Å². The summed E-state index contributed by atoms with van der Waals surface area (Å²) in [7, 11) is 0. The molecule has 0 saturated carbocycles. The molecule has 5 heteroatoms. The van der Waals surface area contributed by atoms with Gasteiger partial charge >= 0.3 is 0 Å². The molecular formula is C9H16N4O. The SMILES string of the molecule is Cc1nn(CCCCC(N)=O)cc1N. The molecule has 0 saturated heterocycles. The molecule has 0 aromatic carbocycles. The first-order valence-electron chi connectivity index (χ1n) is 4.67. The van der Waals surface area contributed by atoms with Crippen LogP contribution in [-0.4, -0.2) is 15.7 Å². The van der Waals surface area contributed by atoms with E-state index in [0.29, 0.717) is 12.1 Å².